The fourth-order valence-electron chi connectivity index (χ4n) is 1.27. The van der Waals surface area contributed by atoms with Crippen molar-refractivity contribution < 1.29 is 44.3 Å². The molecule has 0 aliphatic rings. The van der Waals surface area contributed by atoms with Gasteiger partial charge in [-0.05, 0) is 12.1 Å². The summed E-state index contributed by atoms with van der Waals surface area (Å²) in [4.78, 5) is 0. The second-order valence-electron chi connectivity index (χ2n) is 3.22. The molecular formula is C9H3F9O. The highest BCUT2D eigenvalue weighted by Gasteiger charge is 2.47. The third kappa shape index (κ3) is 3.93. The van der Waals surface area contributed by atoms with Crippen molar-refractivity contribution in [1.82, 2.24) is 0 Å². The topological polar surface area (TPSA) is 9.23 Å². The molecule has 0 amide bonds. The first kappa shape index (κ1) is 15.4. The van der Waals surface area contributed by atoms with Crippen molar-refractivity contribution in [3.8, 4) is 5.75 Å². The maximum Gasteiger partial charge on any atom is 0.573 e. The number of halogens is 9. The van der Waals surface area contributed by atoms with Crippen LogP contribution in [0.3, 0.4) is 0 Å². The minimum atomic E-state index is -5.65. The first-order chi connectivity index (χ1) is 8.32. The summed E-state index contributed by atoms with van der Waals surface area (Å²) in [5.41, 5.74) is -4.76. The Morgan fingerprint density at radius 3 is 1.63 bits per heavy atom. The molecule has 0 spiro atoms. The SMILES string of the molecule is FC(F)(F)Oc1cccc(C(F)(F)F)c1C(F)(F)F. The van der Waals surface area contributed by atoms with Gasteiger partial charge in [-0.2, -0.15) is 26.3 Å². The zero-order valence-electron chi connectivity index (χ0n) is 8.54. The molecule has 0 saturated heterocycles. The molecule has 0 aliphatic carbocycles. The van der Waals surface area contributed by atoms with E-state index in [9.17, 15) is 39.5 Å². The van der Waals surface area contributed by atoms with Crippen LogP contribution in [-0.4, -0.2) is 6.36 Å². The standard InChI is InChI=1S/C9H3F9O/c10-7(11,12)4-2-1-3-5(19-9(16,17)18)6(4)8(13,14)15/h1-3H. The van der Waals surface area contributed by atoms with Gasteiger partial charge in [0.15, 0.2) is 0 Å². The summed E-state index contributed by atoms with van der Waals surface area (Å²) in [5, 5.41) is 0. The molecule has 0 fully saturated rings. The van der Waals surface area contributed by atoms with Gasteiger partial charge in [0.2, 0.25) is 0 Å². The maximum absolute atomic E-state index is 12.5. The highest BCUT2D eigenvalue weighted by Crippen LogP contribution is 2.45. The lowest BCUT2D eigenvalue weighted by Gasteiger charge is -2.19. The molecule has 0 saturated carbocycles. The van der Waals surface area contributed by atoms with Crippen LogP contribution < -0.4 is 4.74 Å². The van der Waals surface area contributed by atoms with Gasteiger partial charge < -0.3 is 4.74 Å². The Balaban J connectivity index is 3.49. The minimum Gasteiger partial charge on any atom is -0.405 e. The van der Waals surface area contributed by atoms with Crippen LogP contribution >= 0.6 is 0 Å². The van der Waals surface area contributed by atoms with E-state index in [0.717, 1.165) is 0 Å². The van der Waals surface area contributed by atoms with Crippen LogP contribution in [0, 0.1) is 0 Å². The Morgan fingerprint density at radius 2 is 1.26 bits per heavy atom. The number of rotatable bonds is 1. The molecule has 0 aliphatic heterocycles. The molecule has 10 heteroatoms. The van der Waals surface area contributed by atoms with Crippen molar-refractivity contribution in [2.75, 3.05) is 0 Å². The Morgan fingerprint density at radius 1 is 0.737 bits per heavy atom. The number of alkyl halides is 9. The predicted octanol–water partition coefficient (Wildman–Crippen LogP) is 4.62. The van der Waals surface area contributed by atoms with Gasteiger partial charge >= 0.3 is 18.7 Å². The normalized spacial score (nSPS) is 13.5. The van der Waals surface area contributed by atoms with Gasteiger partial charge in [0, 0.05) is 0 Å². The highest BCUT2D eigenvalue weighted by molar-refractivity contribution is 5.44. The van der Waals surface area contributed by atoms with E-state index in [4.69, 9.17) is 0 Å². The van der Waals surface area contributed by atoms with Crippen LogP contribution in [0.25, 0.3) is 0 Å². The van der Waals surface area contributed by atoms with Crippen molar-refractivity contribution in [3.05, 3.63) is 29.3 Å². The van der Waals surface area contributed by atoms with Gasteiger partial charge in [0.05, 0.1) is 5.56 Å². The zero-order valence-corrected chi connectivity index (χ0v) is 8.54. The molecule has 0 bridgehead atoms. The molecule has 0 atom stereocenters. The zero-order chi connectivity index (χ0) is 15.1. The van der Waals surface area contributed by atoms with E-state index in [1.807, 2.05) is 0 Å². The predicted molar refractivity (Wildman–Crippen MR) is 43.1 cm³/mol. The molecule has 0 N–H and O–H groups in total. The third-order valence-electron chi connectivity index (χ3n) is 1.84. The fraction of sp³-hybridized carbons (Fsp3) is 0.333. The molecule has 1 aromatic carbocycles. The number of benzene rings is 1. The van der Waals surface area contributed by atoms with E-state index >= 15 is 0 Å². The van der Waals surface area contributed by atoms with Crippen molar-refractivity contribution in [2.45, 2.75) is 18.7 Å². The quantitative estimate of drug-likeness (QED) is 0.687. The number of hydrogen-bond donors (Lipinski definition) is 0. The van der Waals surface area contributed by atoms with Crippen LogP contribution in [-0.2, 0) is 12.4 Å². The largest absolute Gasteiger partial charge is 0.573 e. The molecule has 0 aromatic heterocycles. The Bertz CT molecular complexity index is 454. The Kier molecular flexibility index (Phi) is 3.65. The summed E-state index contributed by atoms with van der Waals surface area (Å²) in [6.45, 7) is 0. The van der Waals surface area contributed by atoms with Crippen molar-refractivity contribution in [3.63, 3.8) is 0 Å². The molecular weight excluding hydrogens is 295 g/mol. The molecule has 1 aromatic rings. The van der Waals surface area contributed by atoms with E-state index < -0.39 is 35.6 Å². The molecule has 0 heterocycles. The second-order valence-corrected chi connectivity index (χ2v) is 3.22. The van der Waals surface area contributed by atoms with Crippen LogP contribution in [0.2, 0.25) is 0 Å². The first-order valence-corrected chi connectivity index (χ1v) is 4.35. The summed E-state index contributed by atoms with van der Waals surface area (Å²) in [6.07, 6.45) is -16.6. The first-order valence-electron chi connectivity index (χ1n) is 4.35. The van der Waals surface area contributed by atoms with Crippen LogP contribution in [0.5, 0.6) is 5.75 Å². The van der Waals surface area contributed by atoms with E-state index in [2.05, 4.69) is 4.74 Å². The summed E-state index contributed by atoms with van der Waals surface area (Å²) in [7, 11) is 0. The lowest BCUT2D eigenvalue weighted by atomic mass is 10.1. The second kappa shape index (κ2) is 4.49. The average molecular weight is 298 g/mol. The highest BCUT2D eigenvalue weighted by atomic mass is 19.4. The monoisotopic (exact) mass is 298 g/mol. The smallest absolute Gasteiger partial charge is 0.405 e. The van der Waals surface area contributed by atoms with Gasteiger partial charge in [-0.25, -0.2) is 0 Å². The van der Waals surface area contributed by atoms with E-state index in [1.165, 1.54) is 0 Å². The van der Waals surface area contributed by atoms with Gasteiger partial charge in [-0.15, -0.1) is 13.2 Å². The Hall–Kier alpha value is -1.61. The summed E-state index contributed by atoms with van der Waals surface area (Å²) < 4.78 is 113. The maximum atomic E-state index is 12.5. The van der Waals surface area contributed by atoms with Gasteiger partial charge in [-0.3, -0.25) is 0 Å². The average Bonchev–Trinajstić information content (AvgIpc) is 2.11. The van der Waals surface area contributed by atoms with E-state index in [-0.39, 0.29) is 12.1 Å². The molecule has 0 radical (unpaired) electrons. The van der Waals surface area contributed by atoms with Crippen molar-refractivity contribution in [1.29, 1.82) is 0 Å². The lowest BCUT2D eigenvalue weighted by Crippen LogP contribution is -2.23. The molecule has 0 unspecified atom stereocenters. The van der Waals surface area contributed by atoms with E-state index in [0.29, 0.717) is 6.07 Å². The van der Waals surface area contributed by atoms with Crippen LogP contribution in [0.1, 0.15) is 11.1 Å². The van der Waals surface area contributed by atoms with Gasteiger partial charge in [-0.1, -0.05) is 6.07 Å². The molecule has 108 valence electrons. The van der Waals surface area contributed by atoms with Crippen LogP contribution in [0.4, 0.5) is 39.5 Å². The van der Waals surface area contributed by atoms with Gasteiger partial charge in [0.1, 0.15) is 11.3 Å². The van der Waals surface area contributed by atoms with Crippen molar-refractivity contribution in [2.24, 2.45) is 0 Å². The third-order valence-corrected chi connectivity index (χ3v) is 1.84. The van der Waals surface area contributed by atoms with Gasteiger partial charge in [0.25, 0.3) is 0 Å². The summed E-state index contributed by atoms with van der Waals surface area (Å²) in [5.74, 6) is -1.95. The fourth-order valence-corrected chi connectivity index (χ4v) is 1.27. The lowest BCUT2D eigenvalue weighted by molar-refractivity contribution is -0.276. The van der Waals surface area contributed by atoms with Crippen LogP contribution in [0.15, 0.2) is 18.2 Å². The van der Waals surface area contributed by atoms with E-state index in [1.54, 1.807) is 0 Å². The molecule has 1 rings (SSSR count). The Labute approximate surface area is 99.1 Å². The number of hydrogen-bond acceptors (Lipinski definition) is 1. The van der Waals surface area contributed by atoms with Crippen molar-refractivity contribution >= 4 is 0 Å². The molecule has 19 heavy (non-hydrogen) atoms. The minimum absolute atomic E-state index is 0.0199. The summed E-state index contributed by atoms with van der Waals surface area (Å²) in [6, 6.07) is 0.566. The summed E-state index contributed by atoms with van der Waals surface area (Å²) >= 11 is 0. The number of ether oxygens (including phenoxy) is 1. The molecule has 1 nitrogen and oxygen atoms in total.